The summed E-state index contributed by atoms with van der Waals surface area (Å²) in [6.45, 7) is 0.640. The molecule has 1 N–H and O–H groups in total. The number of carbonyl (C=O) groups excluding carboxylic acids is 1. The van der Waals surface area contributed by atoms with E-state index in [1.165, 1.54) is 18.2 Å². The van der Waals surface area contributed by atoms with Crippen molar-refractivity contribution in [1.82, 2.24) is 5.32 Å². The van der Waals surface area contributed by atoms with Gasteiger partial charge in [0.05, 0.1) is 13.7 Å². The van der Waals surface area contributed by atoms with Crippen molar-refractivity contribution in [3.63, 3.8) is 0 Å². The number of rotatable bonds is 6. The maximum Gasteiger partial charge on any atom is 0.251 e. The topological polar surface area (TPSA) is 47.6 Å². The molecule has 2 rings (SSSR count). The van der Waals surface area contributed by atoms with E-state index in [9.17, 15) is 9.18 Å². The molecular weight excluding hydrogens is 273 g/mol. The monoisotopic (exact) mass is 289 g/mol. The van der Waals surface area contributed by atoms with Gasteiger partial charge in [-0.25, -0.2) is 4.39 Å². The minimum atomic E-state index is -0.435. The fourth-order valence-electron chi connectivity index (χ4n) is 1.76. The SMILES string of the molecule is COc1cccc(OCCNC(=O)c2cccc(F)c2)c1. The first-order chi connectivity index (χ1) is 10.2. The lowest BCUT2D eigenvalue weighted by Gasteiger charge is -2.09. The summed E-state index contributed by atoms with van der Waals surface area (Å²) in [5.41, 5.74) is 0.288. The number of ether oxygens (including phenoxy) is 2. The molecule has 0 aliphatic rings. The van der Waals surface area contributed by atoms with E-state index in [2.05, 4.69) is 5.32 Å². The molecule has 0 spiro atoms. The second kappa shape index (κ2) is 7.28. The molecule has 0 heterocycles. The fraction of sp³-hybridized carbons (Fsp3) is 0.188. The number of benzene rings is 2. The summed E-state index contributed by atoms with van der Waals surface area (Å²) in [4.78, 5) is 11.8. The molecule has 0 saturated heterocycles. The van der Waals surface area contributed by atoms with Gasteiger partial charge in [0.25, 0.3) is 5.91 Å². The Hall–Kier alpha value is -2.56. The first-order valence-electron chi connectivity index (χ1n) is 6.49. The van der Waals surface area contributed by atoms with Crippen molar-refractivity contribution in [1.29, 1.82) is 0 Å². The van der Waals surface area contributed by atoms with Crippen molar-refractivity contribution in [2.45, 2.75) is 0 Å². The van der Waals surface area contributed by atoms with Crippen LogP contribution in [0.1, 0.15) is 10.4 Å². The lowest BCUT2D eigenvalue weighted by Crippen LogP contribution is -2.28. The zero-order valence-corrected chi connectivity index (χ0v) is 11.6. The molecule has 0 saturated carbocycles. The van der Waals surface area contributed by atoms with Crippen LogP contribution in [0.5, 0.6) is 11.5 Å². The summed E-state index contributed by atoms with van der Waals surface area (Å²) in [7, 11) is 1.58. The van der Waals surface area contributed by atoms with Gasteiger partial charge in [0.1, 0.15) is 23.9 Å². The lowest BCUT2D eigenvalue weighted by atomic mass is 10.2. The molecule has 0 radical (unpaired) electrons. The van der Waals surface area contributed by atoms with Crippen molar-refractivity contribution in [2.24, 2.45) is 0 Å². The third-order valence-corrected chi connectivity index (χ3v) is 2.78. The van der Waals surface area contributed by atoms with Crippen molar-refractivity contribution in [3.05, 3.63) is 59.9 Å². The van der Waals surface area contributed by atoms with Gasteiger partial charge >= 0.3 is 0 Å². The summed E-state index contributed by atoms with van der Waals surface area (Å²) < 4.78 is 23.6. The normalized spacial score (nSPS) is 10.0. The number of carbonyl (C=O) groups is 1. The molecule has 5 heteroatoms. The molecule has 0 aliphatic heterocycles. The van der Waals surface area contributed by atoms with E-state index in [-0.39, 0.29) is 11.5 Å². The molecule has 21 heavy (non-hydrogen) atoms. The van der Waals surface area contributed by atoms with Gasteiger partial charge in [0.15, 0.2) is 0 Å². The van der Waals surface area contributed by atoms with E-state index < -0.39 is 5.82 Å². The van der Waals surface area contributed by atoms with E-state index >= 15 is 0 Å². The zero-order valence-electron chi connectivity index (χ0n) is 11.6. The summed E-state index contributed by atoms with van der Waals surface area (Å²) in [6.07, 6.45) is 0. The summed E-state index contributed by atoms with van der Waals surface area (Å²) >= 11 is 0. The Labute approximate surface area is 122 Å². The summed E-state index contributed by atoms with van der Waals surface area (Å²) in [6, 6.07) is 12.7. The summed E-state index contributed by atoms with van der Waals surface area (Å²) in [5, 5.41) is 2.66. The average Bonchev–Trinajstić information content (AvgIpc) is 2.51. The highest BCUT2D eigenvalue weighted by Crippen LogP contribution is 2.18. The Balaban J connectivity index is 1.78. The van der Waals surface area contributed by atoms with Crippen molar-refractivity contribution >= 4 is 5.91 Å². The van der Waals surface area contributed by atoms with Crippen molar-refractivity contribution in [2.75, 3.05) is 20.3 Å². The third kappa shape index (κ3) is 4.49. The summed E-state index contributed by atoms with van der Waals surface area (Å²) in [5.74, 6) is 0.602. The molecule has 0 fully saturated rings. The van der Waals surface area contributed by atoms with Crippen LogP contribution in [0, 0.1) is 5.82 Å². The zero-order chi connectivity index (χ0) is 15.1. The highest BCUT2D eigenvalue weighted by molar-refractivity contribution is 5.94. The van der Waals surface area contributed by atoms with E-state index in [4.69, 9.17) is 9.47 Å². The van der Waals surface area contributed by atoms with Crippen LogP contribution in [-0.4, -0.2) is 26.2 Å². The highest BCUT2D eigenvalue weighted by atomic mass is 19.1. The number of methoxy groups -OCH3 is 1. The van der Waals surface area contributed by atoms with Crippen LogP contribution in [0.3, 0.4) is 0 Å². The molecule has 110 valence electrons. The van der Waals surface area contributed by atoms with E-state index in [0.29, 0.717) is 24.7 Å². The van der Waals surface area contributed by atoms with Crippen LogP contribution in [0.15, 0.2) is 48.5 Å². The van der Waals surface area contributed by atoms with Crippen LogP contribution in [-0.2, 0) is 0 Å². The van der Waals surface area contributed by atoms with E-state index in [1.54, 1.807) is 25.3 Å². The maximum absolute atomic E-state index is 13.0. The quantitative estimate of drug-likeness (QED) is 0.832. The molecule has 0 unspecified atom stereocenters. The van der Waals surface area contributed by atoms with Gasteiger partial charge in [0.2, 0.25) is 0 Å². The molecule has 0 atom stereocenters. The first-order valence-corrected chi connectivity index (χ1v) is 6.49. The average molecular weight is 289 g/mol. The number of nitrogens with one attached hydrogen (secondary N) is 1. The number of amides is 1. The molecule has 0 bridgehead atoms. The Morgan fingerprint density at radius 1 is 1.14 bits per heavy atom. The van der Waals surface area contributed by atoms with Gasteiger partial charge in [-0.3, -0.25) is 4.79 Å². The van der Waals surface area contributed by atoms with Crippen LogP contribution < -0.4 is 14.8 Å². The van der Waals surface area contributed by atoms with Crippen molar-refractivity contribution < 1.29 is 18.7 Å². The maximum atomic E-state index is 13.0. The molecule has 4 nitrogen and oxygen atoms in total. The second-order valence-electron chi connectivity index (χ2n) is 4.29. The van der Waals surface area contributed by atoms with E-state index in [0.717, 1.165) is 0 Å². The first kappa shape index (κ1) is 14.8. The predicted molar refractivity (Wildman–Crippen MR) is 77.2 cm³/mol. The number of hydrogen-bond acceptors (Lipinski definition) is 3. The van der Waals surface area contributed by atoms with Crippen molar-refractivity contribution in [3.8, 4) is 11.5 Å². The Morgan fingerprint density at radius 2 is 1.90 bits per heavy atom. The van der Waals surface area contributed by atoms with Gasteiger partial charge < -0.3 is 14.8 Å². The fourth-order valence-corrected chi connectivity index (χ4v) is 1.76. The number of hydrogen-bond donors (Lipinski definition) is 1. The third-order valence-electron chi connectivity index (χ3n) is 2.78. The molecule has 2 aromatic carbocycles. The lowest BCUT2D eigenvalue weighted by molar-refractivity contribution is 0.0946. The molecule has 0 aliphatic carbocycles. The molecule has 0 aromatic heterocycles. The van der Waals surface area contributed by atoms with Crippen LogP contribution in [0.2, 0.25) is 0 Å². The number of halogens is 1. The Bertz CT molecular complexity index is 616. The minimum absolute atomic E-state index is 0.288. The van der Waals surface area contributed by atoms with Crippen LogP contribution in [0.25, 0.3) is 0 Å². The van der Waals surface area contributed by atoms with Gasteiger partial charge in [-0.15, -0.1) is 0 Å². The van der Waals surface area contributed by atoms with Gasteiger partial charge in [-0.05, 0) is 30.3 Å². The molecule has 2 aromatic rings. The van der Waals surface area contributed by atoms with Gasteiger partial charge in [-0.1, -0.05) is 12.1 Å². The van der Waals surface area contributed by atoms with Crippen LogP contribution in [0.4, 0.5) is 4.39 Å². The highest BCUT2D eigenvalue weighted by Gasteiger charge is 2.05. The van der Waals surface area contributed by atoms with Gasteiger partial charge in [-0.2, -0.15) is 0 Å². The van der Waals surface area contributed by atoms with Gasteiger partial charge in [0, 0.05) is 11.6 Å². The largest absolute Gasteiger partial charge is 0.497 e. The standard InChI is InChI=1S/C16H16FNO3/c1-20-14-6-3-7-15(11-14)21-9-8-18-16(19)12-4-2-5-13(17)10-12/h2-7,10-11H,8-9H2,1H3,(H,18,19). The molecular formula is C16H16FNO3. The predicted octanol–water partition coefficient (Wildman–Crippen LogP) is 2.64. The Morgan fingerprint density at radius 3 is 2.67 bits per heavy atom. The molecule has 1 amide bonds. The smallest absolute Gasteiger partial charge is 0.251 e. The second-order valence-corrected chi connectivity index (χ2v) is 4.29. The minimum Gasteiger partial charge on any atom is -0.497 e. The van der Waals surface area contributed by atoms with E-state index in [1.807, 2.05) is 12.1 Å². The van der Waals surface area contributed by atoms with Crippen LogP contribution >= 0.6 is 0 Å². The Kier molecular flexibility index (Phi) is 5.15.